The maximum absolute atomic E-state index is 12.0. The summed E-state index contributed by atoms with van der Waals surface area (Å²) in [5, 5.41) is 3.92. The van der Waals surface area contributed by atoms with E-state index in [4.69, 9.17) is 0 Å². The fourth-order valence-electron chi connectivity index (χ4n) is 1.90. The van der Waals surface area contributed by atoms with Crippen LogP contribution in [0.5, 0.6) is 0 Å². The quantitative estimate of drug-likeness (QED) is 0.580. The number of rotatable bonds is 3. The van der Waals surface area contributed by atoms with E-state index in [-0.39, 0.29) is 5.91 Å². The molecule has 0 atom stereocenters. The van der Waals surface area contributed by atoms with Crippen LogP contribution in [0.15, 0.2) is 64.3 Å². The molecule has 2 aromatic carbocycles. The summed E-state index contributed by atoms with van der Waals surface area (Å²) in [7, 11) is 0. The van der Waals surface area contributed by atoms with Crippen LogP contribution in [0.4, 0.5) is 0 Å². The second-order valence-corrected chi connectivity index (χ2v) is 5.32. The normalized spacial score (nSPS) is 11.0. The lowest BCUT2D eigenvalue weighted by atomic mass is 10.2. The molecule has 0 aliphatic rings. The number of hydrogen-bond donors (Lipinski definition) is 1. The van der Waals surface area contributed by atoms with Gasteiger partial charge in [0.15, 0.2) is 0 Å². The van der Waals surface area contributed by atoms with Gasteiger partial charge in [0.05, 0.1) is 29.0 Å². The molecule has 0 fully saturated rings. The summed E-state index contributed by atoms with van der Waals surface area (Å²) < 4.78 is 0.716. The van der Waals surface area contributed by atoms with Gasteiger partial charge in [0, 0.05) is 4.47 Å². The van der Waals surface area contributed by atoms with E-state index in [2.05, 4.69) is 36.4 Å². The Morgan fingerprint density at radius 2 is 1.82 bits per heavy atom. The molecular weight excluding hydrogens is 344 g/mol. The maximum atomic E-state index is 12.0. The Hall–Kier alpha value is -2.60. The zero-order valence-electron chi connectivity index (χ0n) is 11.4. The summed E-state index contributed by atoms with van der Waals surface area (Å²) in [5.41, 5.74) is 5.16. The first-order chi connectivity index (χ1) is 10.7. The maximum Gasteiger partial charge on any atom is 0.272 e. The highest BCUT2D eigenvalue weighted by atomic mass is 79.9. The van der Waals surface area contributed by atoms with Gasteiger partial charge in [-0.15, -0.1) is 0 Å². The zero-order chi connectivity index (χ0) is 15.4. The van der Waals surface area contributed by atoms with E-state index in [1.807, 2.05) is 30.3 Å². The van der Waals surface area contributed by atoms with Gasteiger partial charge in [0.25, 0.3) is 5.91 Å². The third kappa shape index (κ3) is 3.17. The molecule has 5 nitrogen and oxygen atoms in total. The Balaban J connectivity index is 1.73. The van der Waals surface area contributed by atoms with Crippen molar-refractivity contribution in [3.63, 3.8) is 0 Å². The topological polar surface area (TPSA) is 67.2 Å². The third-order valence-electron chi connectivity index (χ3n) is 2.95. The molecule has 0 aliphatic carbocycles. The fraction of sp³-hybridized carbons (Fsp3) is 0. The number of hydrogen-bond acceptors (Lipinski definition) is 4. The molecule has 22 heavy (non-hydrogen) atoms. The molecule has 6 heteroatoms. The van der Waals surface area contributed by atoms with Gasteiger partial charge < -0.3 is 0 Å². The number of carbonyl (C=O) groups is 1. The first kappa shape index (κ1) is 14.3. The smallest absolute Gasteiger partial charge is 0.267 e. The van der Waals surface area contributed by atoms with Gasteiger partial charge in [0.2, 0.25) is 0 Å². The van der Waals surface area contributed by atoms with Crippen LogP contribution in [0.2, 0.25) is 0 Å². The van der Waals surface area contributed by atoms with Crippen molar-refractivity contribution in [1.82, 2.24) is 15.4 Å². The number of para-hydroxylation sites is 2. The first-order valence-corrected chi connectivity index (χ1v) is 7.33. The zero-order valence-corrected chi connectivity index (χ0v) is 13.0. The van der Waals surface area contributed by atoms with Crippen molar-refractivity contribution >= 4 is 39.1 Å². The number of aromatic nitrogens is 2. The summed E-state index contributed by atoms with van der Waals surface area (Å²) in [6, 6.07) is 14.7. The van der Waals surface area contributed by atoms with Crippen LogP contribution in [-0.2, 0) is 0 Å². The van der Waals surface area contributed by atoms with Crippen LogP contribution in [0.3, 0.4) is 0 Å². The van der Waals surface area contributed by atoms with E-state index in [1.165, 1.54) is 6.21 Å². The summed E-state index contributed by atoms with van der Waals surface area (Å²) in [6.45, 7) is 0. The van der Waals surface area contributed by atoms with Crippen molar-refractivity contribution in [1.29, 1.82) is 0 Å². The van der Waals surface area contributed by atoms with Crippen molar-refractivity contribution in [2.75, 3.05) is 0 Å². The van der Waals surface area contributed by atoms with Crippen molar-refractivity contribution < 1.29 is 4.79 Å². The lowest BCUT2D eigenvalue weighted by Gasteiger charge is -2.02. The highest BCUT2D eigenvalue weighted by Gasteiger charge is 2.07. The van der Waals surface area contributed by atoms with Gasteiger partial charge in [-0.2, -0.15) is 5.10 Å². The molecule has 0 saturated carbocycles. The van der Waals surface area contributed by atoms with Crippen LogP contribution in [0, 0.1) is 0 Å². The molecule has 0 radical (unpaired) electrons. The van der Waals surface area contributed by atoms with Crippen molar-refractivity contribution in [2.24, 2.45) is 5.10 Å². The van der Waals surface area contributed by atoms with Crippen LogP contribution >= 0.6 is 15.9 Å². The summed E-state index contributed by atoms with van der Waals surface area (Å²) in [5.74, 6) is -0.294. The second-order valence-electron chi connectivity index (χ2n) is 4.46. The molecule has 0 bridgehead atoms. The van der Waals surface area contributed by atoms with Gasteiger partial charge in [-0.3, -0.25) is 9.78 Å². The van der Waals surface area contributed by atoms with Gasteiger partial charge in [-0.1, -0.05) is 24.3 Å². The molecular formula is C16H11BrN4O. The van der Waals surface area contributed by atoms with E-state index in [0.29, 0.717) is 15.7 Å². The van der Waals surface area contributed by atoms with Gasteiger partial charge in [-0.05, 0) is 40.2 Å². The first-order valence-electron chi connectivity index (χ1n) is 6.54. The predicted molar refractivity (Wildman–Crippen MR) is 88.7 cm³/mol. The van der Waals surface area contributed by atoms with Crippen LogP contribution in [0.25, 0.3) is 11.0 Å². The van der Waals surface area contributed by atoms with Crippen LogP contribution in [0.1, 0.15) is 16.1 Å². The van der Waals surface area contributed by atoms with E-state index in [9.17, 15) is 4.79 Å². The van der Waals surface area contributed by atoms with Crippen LogP contribution in [-0.4, -0.2) is 22.1 Å². The molecule has 0 unspecified atom stereocenters. The Labute approximate surface area is 135 Å². The number of fused-ring (bicyclic) bond motifs is 1. The number of hydrazone groups is 1. The molecule has 3 rings (SSSR count). The Kier molecular flexibility index (Phi) is 4.20. The van der Waals surface area contributed by atoms with E-state index in [1.54, 1.807) is 24.4 Å². The van der Waals surface area contributed by atoms with Crippen molar-refractivity contribution in [3.8, 4) is 0 Å². The highest BCUT2D eigenvalue weighted by Crippen LogP contribution is 2.15. The minimum absolute atomic E-state index is 0.294. The summed E-state index contributed by atoms with van der Waals surface area (Å²) in [6.07, 6.45) is 3.07. The minimum atomic E-state index is -0.294. The molecule has 3 aromatic rings. The third-order valence-corrected chi connectivity index (χ3v) is 3.64. The Morgan fingerprint density at radius 1 is 1.09 bits per heavy atom. The summed E-state index contributed by atoms with van der Waals surface area (Å²) in [4.78, 5) is 20.6. The molecule has 0 aliphatic heterocycles. The lowest BCUT2D eigenvalue weighted by Crippen LogP contribution is -2.18. The number of nitrogens with zero attached hydrogens (tertiary/aromatic N) is 3. The monoisotopic (exact) mass is 354 g/mol. The van der Waals surface area contributed by atoms with Gasteiger partial charge in [0.1, 0.15) is 5.69 Å². The minimum Gasteiger partial charge on any atom is -0.267 e. The van der Waals surface area contributed by atoms with Gasteiger partial charge in [-0.25, -0.2) is 10.4 Å². The van der Waals surface area contributed by atoms with E-state index >= 15 is 0 Å². The van der Waals surface area contributed by atoms with Crippen LogP contribution < -0.4 is 5.43 Å². The average molecular weight is 355 g/mol. The standard InChI is InChI=1S/C16H11BrN4O/c17-13-6-2-1-5-12(13)16(22)21-19-10-11-9-18-14-7-3-4-8-15(14)20-11/h1-10H,(H,21,22)/b19-10-. The SMILES string of the molecule is O=C(N/N=C\c1cnc2ccccc2n1)c1ccccc1Br. The molecule has 0 saturated heterocycles. The Bertz CT molecular complexity index is 863. The number of benzene rings is 2. The number of amides is 1. The molecule has 1 heterocycles. The van der Waals surface area contributed by atoms with E-state index < -0.39 is 0 Å². The summed E-state index contributed by atoms with van der Waals surface area (Å²) >= 11 is 3.33. The average Bonchev–Trinajstić information content (AvgIpc) is 2.55. The van der Waals surface area contributed by atoms with E-state index in [0.717, 1.165) is 11.0 Å². The number of nitrogens with one attached hydrogen (secondary N) is 1. The number of carbonyl (C=O) groups excluding carboxylic acids is 1. The predicted octanol–water partition coefficient (Wildman–Crippen LogP) is 3.16. The highest BCUT2D eigenvalue weighted by molar-refractivity contribution is 9.10. The van der Waals surface area contributed by atoms with Crippen molar-refractivity contribution in [2.45, 2.75) is 0 Å². The Morgan fingerprint density at radius 3 is 2.64 bits per heavy atom. The largest absolute Gasteiger partial charge is 0.272 e. The molecule has 1 N–H and O–H groups in total. The van der Waals surface area contributed by atoms with Crippen molar-refractivity contribution in [3.05, 3.63) is 70.5 Å². The fourth-order valence-corrected chi connectivity index (χ4v) is 2.36. The molecule has 108 valence electrons. The molecule has 1 aromatic heterocycles. The molecule has 1 amide bonds. The van der Waals surface area contributed by atoms with Gasteiger partial charge >= 0.3 is 0 Å². The molecule has 0 spiro atoms. The number of halogens is 1. The lowest BCUT2D eigenvalue weighted by molar-refractivity contribution is 0.0954. The second kappa shape index (κ2) is 6.44.